The number of carbonyl (C=O) groups is 1. The van der Waals surface area contributed by atoms with Gasteiger partial charge in [-0.1, -0.05) is 0 Å². The lowest BCUT2D eigenvalue weighted by molar-refractivity contribution is -0.138. The predicted octanol–water partition coefficient (Wildman–Crippen LogP) is 3.06. The summed E-state index contributed by atoms with van der Waals surface area (Å²) in [6.07, 6.45) is -4.72. The summed E-state index contributed by atoms with van der Waals surface area (Å²) in [5.74, 6) is -2.58. The Balaban J connectivity index is 3.58. The molecule has 1 aromatic rings. The fraction of sp³-hybridized carbons (Fsp3) is 0.300. The highest BCUT2D eigenvalue weighted by atomic mass is 19.4. The van der Waals surface area contributed by atoms with E-state index < -0.39 is 34.7 Å². The van der Waals surface area contributed by atoms with Crippen LogP contribution in [0.4, 0.5) is 17.6 Å². The molecule has 88 valence electrons. The molecule has 1 aromatic carbocycles. The van der Waals surface area contributed by atoms with Gasteiger partial charge in [-0.15, -0.1) is 0 Å². The smallest absolute Gasteiger partial charge is 0.417 e. The van der Waals surface area contributed by atoms with Gasteiger partial charge < -0.3 is 4.74 Å². The molecular formula is C10H8F4O2. The van der Waals surface area contributed by atoms with Crippen LogP contribution in [0.2, 0.25) is 0 Å². The van der Waals surface area contributed by atoms with E-state index >= 15 is 0 Å². The Morgan fingerprint density at radius 3 is 2.25 bits per heavy atom. The average Bonchev–Trinajstić information content (AvgIpc) is 2.14. The van der Waals surface area contributed by atoms with Crippen molar-refractivity contribution < 1.29 is 27.1 Å². The summed E-state index contributed by atoms with van der Waals surface area (Å²) in [6.45, 7) is 0.923. The number of Topliss-reactive ketones (excluding diaryl/α,β-unsaturated/α-hetero) is 1. The molecule has 0 aromatic heterocycles. The number of hydrogen-bond acceptors (Lipinski definition) is 2. The summed E-state index contributed by atoms with van der Waals surface area (Å²) < 4.78 is 55.2. The van der Waals surface area contributed by atoms with Crippen molar-refractivity contribution >= 4 is 5.78 Å². The Kier molecular flexibility index (Phi) is 3.21. The minimum atomic E-state index is -4.72. The monoisotopic (exact) mass is 236 g/mol. The van der Waals surface area contributed by atoms with E-state index in [1.165, 1.54) is 0 Å². The van der Waals surface area contributed by atoms with Crippen LogP contribution in [0.15, 0.2) is 12.1 Å². The number of halogens is 4. The van der Waals surface area contributed by atoms with Crippen LogP contribution in [0.1, 0.15) is 22.8 Å². The Morgan fingerprint density at radius 1 is 1.31 bits per heavy atom. The van der Waals surface area contributed by atoms with Crippen LogP contribution < -0.4 is 4.74 Å². The summed E-state index contributed by atoms with van der Waals surface area (Å²) in [4.78, 5) is 11.1. The lowest BCUT2D eigenvalue weighted by Crippen LogP contribution is -2.13. The van der Waals surface area contributed by atoms with Crippen LogP contribution in [-0.2, 0) is 6.18 Å². The van der Waals surface area contributed by atoms with E-state index in [9.17, 15) is 22.4 Å². The molecule has 0 spiro atoms. The van der Waals surface area contributed by atoms with Crippen molar-refractivity contribution in [2.45, 2.75) is 13.1 Å². The minimum Gasteiger partial charge on any atom is -0.493 e. The molecule has 0 aliphatic rings. The predicted molar refractivity (Wildman–Crippen MR) is 48.0 cm³/mol. The van der Waals surface area contributed by atoms with Crippen LogP contribution in [0.25, 0.3) is 0 Å². The number of ketones is 1. The molecule has 0 atom stereocenters. The summed E-state index contributed by atoms with van der Waals surface area (Å²) in [7, 11) is 1.00. The van der Waals surface area contributed by atoms with Crippen molar-refractivity contribution in [2.75, 3.05) is 7.11 Å². The molecule has 0 saturated carbocycles. The number of carbonyl (C=O) groups excluding carboxylic acids is 1. The number of hydrogen-bond donors (Lipinski definition) is 0. The molecule has 0 aliphatic heterocycles. The lowest BCUT2D eigenvalue weighted by Gasteiger charge is -2.14. The third kappa shape index (κ3) is 2.15. The number of ether oxygens (including phenoxy) is 1. The Labute approximate surface area is 88.8 Å². The van der Waals surface area contributed by atoms with Crippen LogP contribution in [-0.4, -0.2) is 12.9 Å². The van der Waals surface area contributed by atoms with Gasteiger partial charge in [0.05, 0.1) is 18.2 Å². The largest absolute Gasteiger partial charge is 0.493 e. The van der Waals surface area contributed by atoms with Gasteiger partial charge in [0.15, 0.2) is 17.3 Å². The van der Waals surface area contributed by atoms with Gasteiger partial charge in [0, 0.05) is 0 Å². The minimum absolute atomic E-state index is 0.522. The van der Waals surface area contributed by atoms with Gasteiger partial charge in [-0.3, -0.25) is 4.79 Å². The highest BCUT2D eigenvalue weighted by molar-refractivity contribution is 5.98. The van der Waals surface area contributed by atoms with E-state index in [0.717, 1.165) is 14.0 Å². The summed E-state index contributed by atoms with van der Waals surface area (Å²) in [6, 6.07) is 1.14. The molecule has 6 heteroatoms. The molecule has 1 rings (SSSR count). The first kappa shape index (κ1) is 12.5. The topological polar surface area (TPSA) is 26.3 Å². The number of alkyl halides is 3. The van der Waals surface area contributed by atoms with E-state index in [4.69, 9.17) is 0 Å². The maximum atomic E-state index is 13.1. The van der Waals surface area contributed by atoms with E-state index in [1.54, 1.807) is 0 Å². The van der Waals surface area contributed by atoms with Crippen molar-refractivity contribution in [3.8, 4) is 5.75 Å². The summed E-state index contributed by atoms with van der Waals surface area (Å²) in [5, 5.41) is 0. The fourth-order valence-electron chi connectivity index (χ4n) is 1.34. The van der Waals surface area contributed by atoms with E-state index in [1.807, 2.05) is 0 Å². The molecule has 16 heavy (non-hydrogen) atoms. The molecule has 0 heterocycles. The van der Waals surface area contributed by atoms with Crippen molar-refractivity contribution in [1.82, 2.24) is 0 Å². The standard InChI is InChI=1S/C10H8F4O2/c1-5(15)8-6(10(12,13)14)3-4-7(11)9(8)16-2/h3-4H,1-2H3. The van der Waals surface area contributed by atoms with E-state index in [0.29, 0.717) is 12.1 Å². The third-order valence-corrected chi connectivity index (χ3v) is 1.97. The fourth-order valence-corrected chi connectivity index (χ4v) is 1.34. The zero-order chi connectivity index (χ0) is 12.5. The Hall–Kier alpha value is -1.59. The van der Waals surface area contributed by atoms with Gasteiger partial charge in [0.2, 0.25) is 0 Å². The first-order valence-electron chi connectivity index (χ1n) is 4.23. The van der Waals surface area contributed by atoms with Crippen LogP contribution in [0.5, 0.6) is 5.75 Å². The quantitative estimate of drug-likeness (QED) is 0.582. The van der Waals surface area contributed by atoms with E-state index in [2.05, 4.69) is 4.74 Å². The van der Waals surface area contributed by atoms with Gasteiger partial charge in [-0.05, 0) is 19.1 Å². The summed E-state index contributed by atoms with van der Waals surface area (Å²) in [5.41, 5.74) is -1.98. The van der Waals surface area contributed by atoms with Crippen molar-refractivity contribution in [1.29, 1.82) is 0 Å². The molecule has 0 N–H and O–H groups in total. The second kappa shape index (κ2) is 4.11. The van der Waals surface area contributed by atoms with Gasteiger partial charge in [0.25, 0.3) is 0 Å². The van der Waals surface area contributed by atoms with Crippen LogP contribution in [0.3, 0.4) is 0 Å². The SMILES string of the molecule is COc1c(F)ccc(C(F)(F)F)c1C(C)=O. The van der Waals surface area contributed by atoms with Gasteiger partial charge in [-0.25, -0.2) is 4.39 Å². The zero-order valence-electron chi connectivity index (χ0n) is 8.48. The molecule has 0 radical (unpaired) electrons. The molecular weight excluding hydrogens is 228 g/mol. The Bertz CT molecular complexity index is 424. The lowest BCUT2D eigenvalue weighted by atomic mass is 10.0. The number of rotatable bonds is 2. The highest BCUT2D eigenvalue weighted by Crippen LogP contribution is 2.37. The average molecular weight is 236 g/mol. The third-order valence-electron chi connectivity index (χ3n) is 1.97. The molecule has 0 aliphatic carbocycles. The van der Waals surface area contributed by atoms with E-state index in [-0.39, 0.29) is 0 Å². The van der Waals surface area contributed by atoms with Crippen LogP contribution >= 0.6 is 0 Å². The van der Waals surface area contributed by atoms with Gasteiger partial charge in [0.1, 0.15) is 0 Å². The maximum Gasteiger partial charge on any atom is 0.417 e. The van der Waals surface area contributed by atoms with Gasteiger partial charge in [-0.2, -0.15) is 13.2 Å². The number of benzene rings is 1. The second-order valence-electron chi connectivity index (χ2n) is 3.06. The summed E-state index contributed by atoms with van der Waals surface area (Å²) >= 11 is 0. The van der Waals surface area contributed by atoms with Crippen molar-refractivity contribution in [2.24, 2.45) is 0 Å². The number of methoxy groups -OCH3 is 1. The molecule has 0 fully saturated rings. The first-order valence-corrected chi connectivity index (χ1v) is 4.23. The second-order valence-corrected chi connectivity index (χ2v) is 3.06. The first-order chi connectivity index (χ1) is 7.29. The molecule has 0 amide bonds. The van der Waals surface area contributed by atoms with Crippen molar-refractivity contribution in [3.63, 3.8) is 0 Å². The normalized spacial score (nSPS) is 11.4. The van der Waals surface area contributed by atoms with Crippen molar-refractivity contribution in [3.05, 3.63) is 29.1 Å². The highest BCUT2D eigenvalue weighted by Gasteiger charge is 2.37. The molecule has 0 saturated heterocycles. The molecule has 2 nitrogen and oxygen atoms in total. The molecule has 0 bridgehead atoms. The Morgan fingerprint density at radius 2 is 1.88 bits per heavy atom. The molecule has 0 unspecified atom stereocenters. The zero-order valence-corrected chi connectivity index (χ0v) is 8.48. The van der Waals surface area contributed by atoms with Gasteiger partial charge >= 0.3 is 6.18 Å². The maximum absolute atomic E-state index is 13.1. The van der Waals surface area contributed by atoms with Crippen LogP contribution in [0, 0.1) is 5.82 Å².